The van der Waals surface area contributed by atoms with Gasteiger partial charge in [0, 0.05) is 23.8 Å². The summed E-state index contributed by atoms with van der Waals surface area (Å²) in [6.07, 6.45) is 1.82. The third-order valence-corrected chi connectivity index (χ3v) is 4.58. The van der Waals surface area contributed by atoms with E-state index in [0.29, 0.717) is 18.0 Å². The van der Waals surface area contributed by atoms with Crippen molar-refractivity contribution in [3.63, 3.8) is 0 Å². The van der Waals surface area contributed by atoms with Crippen LogP contribution in [0.3, 0.4) is 0 Å². The second kappa shape index (κ2) is 7.53. The van der Waals surface area contributed by atoms with Crippen molar-refractivity contribution in [2.45, 2.75) is 19.6 Å². The van der Waals surface area contributed by atoms with Crippen molar-refractivity contribution in [1.82, 2.24) is 9.38 Å². The lowest BCUT2D eigenvalue weighted by Crippen LogP contribution is -2.15. The molecule has 0 spiro atoms. The molecule has 0 saturated heterocycles. The third kappa shape index (κ3) is 4.17. The monoisotopic (exact) mass is 340 g/mol. The Morgan fingerprint density at radius 3 is 2.62 bits per heavy atom. The summed E-state index contributed by atoms with van der Waals surface area (Å²) in [5, 5.41) is 0. The number of rotatable bonds is 6. The number of ether oxygens (including phenoxy) is 1. The first-order valence-corrected chi connectivity index (χ1v) is 9.03. The molecular weight excluding hydrogens is 320 g/mol. The highest BCUT2D eigenvalue weighted by Crippen LogP contribution is 2.14. The molecule has 2 heterocycles. The van der Waals surface area contributed by atoms with E-state index in [-0.39, 0.29) is 5.56 Å². The molecule has 1 aromatic carbocycles. The molecule has 0 atom stereocenters. The van der Waals surface area contributed by atoms with E-state index >= 15 is 0 Å². The summed E-state index contributed by atoms with van der Waals surface area (Å²) in [7, 11) is 0. The molecule has 0 radical (unpaired) electrons. The number of hydrogen-bond acceptors (Lipinski definition) is 4. The van der Waals surface area contributed by atoms with Crippen LogP contribution in [0.1, 0.15) is 16.8 Å². The average molecular weight is 340 g/mol. The van der Waals surface area contributed by atoms with Gasteiger partial charge in [0.15, 0.2) is 0 Å². The molecule has 3 aromatic rings. The van der Waals surface area contributed by atoms with E-state index in [9.17, 15) is 4.79 Å². The summed E-state index contributed by atoms with van der Waals surface area (Å²) in [6.45, 7) is 4.66. The van der Waals surface area contributed by atoms with Gasteiger partial charge in [-0.3, -0.25) is 9.20 Å². The van der Waals surface area contributed by atoms with Crippen molar-refractivity contribution in [3.8, 4) is 5.75 Å². The molecule has 0 N–H and O–H groups in total. The standard InChI is InChI=1S/C19H20N2O2S/c1-14-3-6-17(7-4-14)23-9-10-24-13-16-11-19(22)21-12-15(2)5-8-18(21)20-16/h3-8,11-12H,9-10,13H2,1-2H3. The van der Waals surface area contributed by atoms with Gasteiger partial charge in [-0.2, -0.15) is 11.8 Å². The minimum Gasteiger partial charge on any atom is -0.493 e. The normalized spacial score (nSPS) is 10.9. The minimum atomic E-state index is -0.0322. The van der Waals surface area contributed by atoms with Gasteiger partial charge in [0.2, 0.25) is 0 Å². The number of nitrogens with zero attached hydrogens (tertiary/aromatic N) is 2. The molecule has 2 aromatic heterocycles. The predicted molar refractivity (Wildman–Crippen MR) is 99.0 cm³/mol. The molecule has 0 aliphatic carbocycles. The first kappa shape index (κ1) is 16.6. The fraction of sp³-hybridized carbons (Fsp3) is 0.263. The van der Waals surface area contributed by atoms with Crippen LogP contribution in [0.4, 0.5) is 0 Å². The third-order valence-electron chi connectivity index (χ3n) is 3.63. The number of fused-ring (bicyclic) bond motifs is 1. The molecule has 0 unspecified atom stereocenters. The Labute approximate surface area is 145 Å². The van der Waals surface area contributed by atoms with E-state index in [1.165, 1.54) is 5.56 Å². The summed E-state index contributed by atoms with van der Waals surface area (Å²) in [5.41, 5.74) is 3.74. The lowest BCUT2D eigenvalue weighted by atomic mass is 10.2. The fourth-order valence-corrected chi connectivity index (χ4v) is 3.06. The topological polar surface area (TPSA) is 43.6 Å². The average Bonchev–Trinajstić information content (AvgIpc) is 2.57. The molecule has 0 aliphatic rings. The maximum absolute atomic E-state index is 12.1. The molecule has 124 valence electrons. The summed E-state index contributed by atoms with van der Waals surface area (Å²) in [6, 6.07) is 13.5. The van der Waals surface area contributed by atoms with Crippen LogP contribution in [0, 0.1) is 13.8 Å². The predicted octanol–water partition coefficient (Wildman–Crippen LogP) is 3.62. The Bertz CT molecular complexity index is 888. The molecule has 0 saturated carbocycles. The van der Waals surface area contributed by atoms with Gasteiger partial charge in [-0.05, 0) is 37.6 Å². The highest BCUT2D eigenvalue weighted by atomic mass is 32.2. The van der Waals surface area contributed by atoms with Crippen LogP contribution in [0.25, 0.3) is 5.65 Å². The largest absolute Gasteiger partial charge is 0.493 e. The zero-order chi connectivity index (χ0) is 16.9. The number of aromatic nitrogens is 2. The quantitative estimate of drug-likeness (QED) is 0.643. The first-order valence-electron chi connectivity index (χ1n) is 7.88. The number of aryl methyl sites for hydroxylation is 2. The Morgan fingerprint density at radius 2 is 1.83 bits per heavy atom. The second-order valence-electron chi connectivity index (χ2n) is 5.73. The summed E-state index contributed by atoms with van der Waals surface area (Å²) in [4.78, 5) is 16.7. The van der Waals surface area contributed by atoms with E-state index in [0.717, 1.165) is 22.8 Å². The van der Waals surface area contributed by atoms with Gasteiger partial charge in [-0.25, -0.2) is 4.98 Å². The van der Waals surface area contributed by atoms with Gasteiger partial charge in [0.1, 0.15) is 11.4 Å². The van der Waals surface area contributed by atoms with Gasteiger partial charge < -0.3 is 4.74 Å². The van der Waals surface area contributed by atoms with Crippen LogP contribution in [0.2, 0.25) is 0 Å². The van der Waals surface area contributed by atoms with E-state index in [2.05, 4.69) is 11.9 Å². The van der Waals surface area contributed by atoms with Crippen LogP contribution in [0.5, 0.6) is 5.75 Å². The lowest BCUT2D eigenvalue weighted by molar-refractivity contribution is 0.344. The number of hydrogen-bond donors (Lipinski definition) is 0. The Morgan fingerprint density at radius 1 is 1.08 bits per heavy atom. The molecule has 0 bridgehead atoms. The SMILES string of the molecule is Cc1ccc(OCCSCc2cc(=O)n3cc(C)ccc3n2)cc1. The highest BCUT2D eigenvalue weighted by Gasteiger charge is 2.03. The Kier molecular flexibility index (Phi) is 5.20. The smallest absolute Gasteiger partial charge is 0.258 e. The van der Waals surface area contributed by atoms with E-state index in [1.54, 1.807) is 22.2 Å². The van der Waals surface area contributed by atoms with Crippen molar-refractivity contribution >= 4 is 17.4 Å². The summed E-state index contributed by atoms with van der Waals surface area (Å²) in [5.74, 6) is 2.44. The van der Waals surface area contributed by atoms with Crippen LogP contribution < -0.4 is 10.3 Å². The molecule has 0 amide bonds. The molecule has 5 heteroatoms. The Hall–Kier alpha value is -2.27. The molecule has 24 heavy (non-hydrogen) atoms. The van der Waals surface area contributed by atoms with Gasteiger partial charge in [0.25, 0.3) is 5.56 Å². The van der Waals surface area contributed by atoms with E-state index in [4.69, 9.17) is 4.74 Å². The second-order valence-corrected chi connectivity index (χ2v) is 6.84. The molecular formula is C19H20N2O2S. The lowest BCUT2D eigenvalue weighted by Gasteiger charge is -2.07. The van der Waals surface area contributed by atoms with E-state index in [1.807, 2.05) is 49.5 Å². The zero-order valence-corrected chi connectivity index (χ0v) is 14.7. The maximum Gasteiger partial charge on any atom is 0.258 e. The van der Waals surface area contributed by atoms with Gasteiger partial charge >= 0.3 is 0 Å². The maximum atomic E-state index is 12.1. The first-order chi connectivity index (χ1) is 11.6. The molecule has 3 rings (SSSR count). The van der Waals surface area contributed by atoms with Crippen molar-refractivity contribution < 1.29 is 4.74 Å². The minimum absolute atomic E-state index is 0.0322. The Balaban J connectivity index is 1.53. The summed E-state index contributed by atoms with van der Waals surface area (Å²) < 4.78 is 7.29. The zero-order valence-electron chi connectivity index (χ0n) is 13.9. The van der Waals surface area contributed by atoms with Crippen LogP contribution in [-0.4, -0.2) is 21.7 Å². The van der Waals surface area contributed by atoms with Gasteiger partial charge in [-0.1, -0.05) is 23.8 Å². The highest BCUT2D eigenvalue weighted by molar-refractivity contribution is 7.98. The molecule has 4 nitrogen and oxygen atoms in total. The van der Waals surface area contributed by atoms with E-state index < -0.39 is 0 Å². The van der Waals surface area contributed by atoms with Crippen molar-refractivity contribution in [2.24, 2.45) is 0 Å². The van der Waals surface area contributed by atoms with Crippen molar-refractivity contribution in [3.05, 3.63) is 75.8 Å². The number of pyridine rings is 1. The molecule has 0 aliphatic heterocycles. The fourth-order valence-electron chi connectivity index (χ4n) is 2.36. The van der Waals surface area contributed by atoms with Crippen molar-refractivity contribution in [2.75, 3.05) is 12.4 Å². The number of thioether (sulfide) groups is 1. The molecule has 0 fully saturated rings. The van der Waals surface area contributed by atoms with Crippen molar-refractivity contribution in [1.29, 1.82) is 0 Å². The van der Waals surface area contributed by atoms with Crippen LogP contribution in [0.15, 0.2) is 53.5 Å². The van der Waals surface area contributed by atoms with Gasteiger partial charge in [-0.15, -0.1) is 0 Å². The summed E-state index contributed by atoms with van der Waals surface area (Å²) >= 11 is 1.71. The number of benzene rings is 1. The van der Waals surface area contributed by atoms with Crippen LogP contribution in [-0.2, 0) is 5.75 Å². The van der Waals surface area contributed by atoms with Gasteiger partial charge in [0.05, 0.1) is 12.3 Å². The van der Waals surface area contributed by atoms with Crippen LogP contribution >= 0.6 is 11.8 Å².